The SMILES string of the molecule is COc1ccc(OCC(O)CN(Cc2cccn2Cc2cccc(C(F)(F)F)c2)CC(C)C)cc1. The van der Waals surface area contributed by atoms with E-state index in [1.807, 2.05) is 22.9 Å². The van der Waals surface area contributed by atoms with Gasteiger partial charge in [-0.3, -0.25) is 4.90 Å². The van der Waals surface area contributed by atoms with E-state index in [1.54, 1.807) is 37.4 Å². The first-order valence-corrected chi connectivity index (χ1v) is 11.6. The third-order valence-electron chi connectivity index (χ3n) is 5.51. The van der Waals surface area contributed by atoms with Crippen LogP contribution in [0.1, 0.15) is 30.7 Å². The number of hydrogen-bond acceptors (Lipinski definition) is 4. The average molecular weight is 491 g/mol. The first kappa shape index (κ1) is 26.6. The minimum Gasteiger partial charge on any atom is -0.497 e. The number of halogens is 3. The number of aliphatic hydroxyl groups is 1. The van der Waals surface area contributed by atoms with E-state index in [4.69, 9.17) is 9.47 Å². The third-order valence-corrected chi connectivity index (χ3v) is 5.51. The average Bonchev–Trinajstić information content (AvgIpc) is 3.23. The van der Waals surface area contributed by atoms with Crippen LogP contribution in [0.15, 0.2) is 66.9 Å². The summed E-state index contributed by atoms with van der Waals surface area (Å²) < 4.78 is 52.1. The molecule has 0 fully saturated rings. The van der Waals surface area contributed by atoms with Crippen molar-refractivity contribution in [2.75, 3.05) is 26.8 Å². The molecule has 0 aliphatic rings. The molecule has 0 bridgehead atoms. The van der Waals surface area contributed by atoms with Crippen molar-refractivity contribution in [3.05, 3.63) is 83.7 Å². The van der Waals surface area contributed by atoms with Crippen LogP contribution in [0.2, 0.25) is 0 Å². The van der Waals surface area contributed by atoms with E-state index >= 15 is 0 Å². The highest BCUT2D eigenvalue weighted by atomic mass is 19.4. The molecule has 3 aromatic rings. The number of rotatable bonds is 12. The second-order valence-corrected chi connectivity index (χ2v) is 9.05. The number of alkyl halides is 3. The number of benzene rings is 2. The van der Waals surface area contributed by atoms with E-state index in [0.717, 1.165) is 24.1 Å². The van der Waals surface area contributed by atoms with E-state index < -0.39 is 17.8 Å². The standard InChI is InChI=1S/C27H33F3N2O3/c1-20(2)15-31(18-24(33)19-35-26-11-9-25(34-3)10-12-26)17-23-8-5-13-32(23)16-21-6-4-7-22(14-21)27(28,29)30/h4-14,20,24,33H,15-19H2,1-3H3. The molecule has 0 aliphatic carbocycles. The fourth-order valence-electron chi connectivity index (χ4n) is 3.95. The Morgan fingerprint density at radius 3 is 2.34 bits per heavy atom. The molecule has 0 radical (unpaired) electrons. The number of hydrogen-bond donors (Lipinski definition) is 1. The predicted molar refractivity (Wildman–Crippen MR) is 130 cm³/mol. The van der Waals surface area contributed by atoms with Crippen molar-refractivity contribution in [1.29, 1.82) is 0 Å². The Hall–Kier alpha value is -2.97. The fourth-order valence-corrected chi connectivity index (χ4v) is 3.95. The van der Waals surface area contributed by atoms with Crippen LogP contribution in [0.5, 0.6) is 11.5 Å². The largest absolute Gasteiger partial charge is 0.497 e. The lowest BCUT2D eigenvalue weighted by Gasteiger charge is -2.27. The van der Waals surface area contributed by atoms with Gasteiger partial charge in [-0.1, -0.05) is 26.0 Å². The van der Waals surface area contributed by atoms with Gasteiger partial charge in [-0.25, -0.2) is 0 Å². The molecule has 1 atom stereocenters. The molecule has 3 rings (SSSR count). The molecule has 190 valence electrons. The molecule has 5 nitrogen and oxygen atoms in total. The molecule has 2 aromatic carbocycles. The molecule has 0 saturated carbocycles. The molecule has 1 heterocycles. The van der Waals surface area contributed by atoms with Crippen molar-refractivity contribution in [2.24, 2.45) is 5.92 Å². The van der Waals surface area contributed by atoms with E-state index in [1.165, 1.54) is 12.1 Å². The maximum Gasteiger partial charge on any atom is 0.416 e. The van der Waals surface area contributed by atoms with Gasteiger partial charge in [-0.2, -0.15) is 13.2 Å². The van der Waals surface area contributed by atoms with Crippen LogP contribution in [0.3, 0.4) is 0 Å². The lowest BCUT2D eigenvalue weighted by Crippen LogP contribution is -2.37. The zero-order valence-corrected chi connectivity index (χ0v) is 20.3. The van der Waals surface area contributed by atoms with Crippen LogP contribution in [-0.2, 0) is 19.3 Å². The zero-order valence-electron chi connectivity index (χ0n) is 20.3. The van der Waals surface area contributed by atoms with Gasteiger partial charge < -0.3 is 19.1 Å². The Morgan fingerprint density at radius 2 is 1.69 bits per heavy atom. The van der Waals surface area contributed by atoms with Crippen LogP contribution < -0.4 is 9.47 Å². The van der Waals surface area contributed by atoms with Crippen LogP contribution in [0.25, 0.3) is 0 Å². The van der Waals surface area contributed by atoms with Gasteiger partial charge in [0.15, 0.2) is 0 Å². The number of ether oxygens (including phenoxy) is 2. The lowest BCUT2D eigenvalue weighted by atomic mass is 10.1. The van der Waals surface area contributed by atoms with E-state index in [-0.39, 0.29) is 6.61 Å². The quantitative estimate of drug-likeness (QED) is 0.366. The van der Waals surface area contributed by atoms with E-state index in [9.17, 15) is 18.3 Å². The van der Waals surface area contributed by atoms with E-state index in [0.29, 0.717) is 36.9 Å². The second-order valence-electron chi connectivity index (χ2n) is 9.05. The van der Waals surface area contributed by atoms with Gasteiger partial charge in [0.1, 0.15) is 24.2 Å². The summed E-state index contributed by atoms with van der Waals surface area (Å²) >= 11 is 0. The Kier molecular flexibility index (Phi) is 9.23. The minimum atomic E-state index is -4.37. The highest BCUT2D eigenvalue weighted by Gasteiger charge is 2.30. The third kappa shape index (κ3) is 8.33. The molecular weight excluding hydrogens is 457 g/mol. The molecule has 0 saturated heterocycles. The maximum atomic E-state index is 13.1. The number of aliphatic hydroxyl groups excluding tert-OH is 1. The normalized spacial score (nSPS) is 12.8. The minimum absolute atomic E-state index is 0.145. The number of aromatic nitrogens is 1. The molecule has 8 heteroatoms. The molecule has 35 heavy (non-hydrogen) atoms. The Labute approximate surface area is 204 Å². The van der Waals surface area contributed by atoms with Crippen molar-refractivity contribution < 1.29 is 27.8 Å². The van der Waals surface area contributed by atoms with Crippen molar-refractivity contribution in [2.45, 2.75) is 39.2 Å². The molecule has 0 amide bonds. The van der Waals surface area contributed by atoms with Crippen molar-refractivity contribution in [1.82, 2.24) is 9.47 Å². The van der Waals surface area contributed by atoms with E-state index in [2.05, 4.69) is 18.7 Å². The monoisotopic (exact) mass is 490 g/mol. The first-order valence-electron chi connectivity index (χ1n) is 11.6. The first-order chi connectivity index (χ1) is 16.6. The van der Waals surface area contributed by atoms with Gasteiger partial charge in [0.05, 0.1) is 12.7 Å². The molecule has 0 aliphatic heterocycles. The highest BCUT2D eigenvalue weighted by molar-refractivity contribution is 5.31. The van der Waals surface area contributed by atoms with Crippen LogP contribution in [0.4, 0.5) is 13.2 Å². The highest BCUT2D eigenvalue weighted by Crippen LogP contribution is 2.29. The van der Waals surface area contributed by atoms with Crippen molar-refractivity contribution in [3.63, 3.8) is 0 Å². The molecule has 0 spiro atoms. The van der Waals surface area contributed by atoms with Gasteiger partial charge >= 0.3 is 6.18 Å². The maximum absolute atomic E-state index is 13.1. The van der Waals surface area contributed by atoms with Crippen molar-refractivity contribution >= 4 is 0 Å². The second kappa shape index (κ2) is 12.1. The molecule has 1 N–H and O–H groups in total. The van der Waals surface area contributed by atoms with Crippen LogP contribution >= 0.6 is 0 Å². The summed E-state index contributed by atoms with van der Waals surface area (Å²) in [5.74, 6) is 1.75. The Morgan fingerprint density at radius 1 is 0.971 bits per heavy atom. The number of methoxy groups -OCH3 is 1. The summed E-state index contributed by atoms with van der Waals surface area (Å²) in [6.07, 6.45) is -3.21. The smallest absolute Gasteiger partial charge is 0.416 e. The molecule has 1 aromatic heterocycles. The topological polar surface area (TPSA) is 46.9 Å². The summed E-state index contributed by atoms with van der Waals surface area (Å²) in [4.78, 5) is 2.14. The van der Waals surface area contributed by atoms with Gasteiger partial charge in [0, 0.05) is 38.1 Å². The number of nitrogens with zero attached hydrogens (tertiary/aromatic N) is 2. The van der Waals surface area contributed by atoms with Gasteiger partial charge in [-0.05, 0) is 60.0 Å². The summed E-state index contributed by atoms with van der Waals surface area (Å²) in [6.45, 7) is 6.42. The van der Waals surface area contributed by atoms with Gasteiger partial charge in [0.25, 0.3) is 0 Å². The summed E-state index contributed by atoms with van der Waals surface area (Å²) in [5, 5.41) is 10.6. The van der Waals surface area contributed by atoms with Crippen LogP contribution in [-0.4, -0.2) is 47.5 Å². The Bertz CT molecular complexity index is 1050. The Balaban J connectivity index is 1.63. The fraction of sp³-hybridized carbons (Fsp3) is 0.407. The molecular formula is C27H33F3N2O3. The summed E-state index contributed by atoms with van der Waals surface area (Å²) in [5.41, 5.74) is 0.900. The predicted octanol–water partition coefficient (Wildman–Crippen LogP) is 5.46. The lowest BCUT2D eigenvalue weighted by molar-refractivity contribution is -0.137. The van der Waals surface area contributed by atoms with Crippen LogP contribution in [0, 0.1) is 5.92 Å². The van der Waals surface area contributed by atoms with Gasteiger partial charge in [0.2, 0.25) is 0 Å². The zero-order chi connectivity index (χ0) is 25.4. The van der Waals surface area contributed by atoms with Crippen molar-refractivity contribution in [3.8, 4) is 11.5 Å². The summed E-state index contributed by atoms with van der Waals surface area (Å²) in [6, 6.07) is 16.4. The molecule has 1 unspecified atom stereocenters. The van der Waals surface area contributed by atoms with Gasteiger partial charge in [-0.15, -0.1) is 0 Å². The summed E-state index contributed by atoms with van der Waals surface area (Å²) in [7, 11) is 1.60.